The van der Waals surface area contributed by atoms with Crippen LogP contribution in [0.3, 0.4) is 0 Å². The zero-order valence-corrected chi connectivity index (χ0v) is 15.0. The van der Waals surface area contributed by atoms with E-state index in [0.717, 1.165) is 24.0 Å². The summed E-state index contributed by atoms with van der Waals surface area (Å²) in [7, 11) is -0.0671. The Morgan fingerprint density at radius 3 is 2.33 bits per heavy atom. The van der Waals surface area contributed by atoms with Crippen LogP contribution in [-0.2, 0) is 16.6 Å². The Hall–Kier alpha value is -0.620. The van der Waals surface area contributed by atoms with E-state index in [4.69, 9.17) is 11.6 Å². The van der Waals surface area contributed by atoms with Crippen molar-refractivity contribution < 1.29 is 8.42 Å². The number of nitrogens with zero attached hydrogens (tertiary/aromatic N) is 1. The molecule has 1 N–H and O–H groups in total. The third-order valence-electron chi connectivity index (χ3n) is 3.91. The molecule has 0 bridgehead atoms. The van der Waals surface area contributed by atoms with Gasteiger partial charge in [0.2, 0.25) is 10.0 Å². The van der Waals surface area contributed by atoms with E-state index in [9.17, 15) is 8.42 Å². The van der Waals surface area contributed by atoms with Crippen molar-refractivity contribution in [1.82, 2.24) is 9.62 Å². The smallest absolute Gasteiger partial charge is 0.243 e. The monoisotopic (exact) mass is 332 g/mol. The number of halogens is 1. The van der Waals surface area contributed by atoms with Crippen LogP contribution in [0.15, 0.2) is 17.0 Å². The Morgan fingerprint density at radius 2 is 1.86 bits per heavy atom. The summed E-state index contributed by atoms with van der Waals surface area (Å²) < 4.78 is 27.2. The van der Waals surface area contributed by atoms with Gasteiger partial charge in [0, 0.05) is 24.7 Å². The molecule has 0 heterocycles. The number of hydrogen-bond donors (Lipinski definition) is 1. The summed E-state index contributed by atoms with van der Waals surface area (Å²) in [4.78, 5) is 0.301. The molecule has 0 aromatic heterocycles. The lowest BCUT2D eigenvalue weighted by Crippen LogP contribution is -2.36. The first-order valence-corrected chi connectivity index (χ1v) is 9.02. The molecule has 0 aliphatic carbocycles. The molecule has 0 atom stereocenters. The van der Waals surface area contributed by atoms with Gasteiger partial charge in [0.1, 0.15) is 0 Å². The summed E-state index contributed by atoms with van der Waals surface area (Å²) in [6.45, 7) is 6.41. The summed E-state index contributed by atoms with van der Waals surface area (Å²) in [5.41, 5.74) is 1.66. The second-order valence-corrected chi connectivity index (χ2v) is 7.61. The van der Waals surface area contributed by atoms with Crippen molar-refractivity contribution in [2.75, 3.05) is 14.1 Å². The van der Waals surface area contributed by atoms with Crippen LogP contribution < -0.4 is 5.32 Å². The number of rotatable bonds is 7. The zero-order valence-electron chi connectivity index (χ0n) is 13.4. The fourth-order valence-corrected chi connectivity index (χ4v) is 4.60. The van der Waals surface area contributed by atoms with Crippen molar-refractivity contribution in [1.29, 1.82) is 0 Å². The summed E-state index contributed by atoms with van der Waals surface area (Å²) in [6, 6.07) is 3.36. The Bertz CT molecular complexity index is 584. The molecule has 4 nitrogen and oxygen atoms in total. The van der Waals surface area contributed by atoms with E-state index in [2.05, 4.69) is 5.32 Å². The highest BCUT2D eigenvalue weighted by atomic mass is 35.5. The van der Waals surface area contributed by atoms with Gasteiger partial charge in [0.05, 0.1) is 4.90 Å². The molecule has 0 radical (unpaired) electrons. The normalized spacial score (nSPS) is 12.4. The highest BCUT2D eigenvalue weighted by Crippen LogP contribution is 2.28. The van der Waals surface area contributed by atoms with Crippen molar-refractivity contribution in [3.63, 3.8) is 0 Å². The van der Waals surface area contributed by atoms with Gasteiger partial charge in [0.25, 0.3) is 0 Å². The van der Waals surface area contributed by atoms with E-state index < -0.39 is 10.0 Å². The standard InChI is InChI=1S/C15H25ClN2O2S/c1-6-14(7-2)18(5)21(19,20)15-9-13(16)8-12(10-17-4)11(15)3/h8-9,14,17H,6-7,10H2,1-5H3. The first-order chi connectivity index (χ1) is 9.79. The van der Waals surface area contributed by atoms with E-state index in [1.807, 2.05) is 33.9 Å². The third-order valence-corrected chi connectivity index (χ3v) is 6.17. The molecule has 1 aromatic rings. The number of benzene rings is 1. The van der Waals surface area contributed by atoms with Crippen molar-refractivity contribution in [3.8, 4) is 0 Å². The molecule has 0 unspecified atom stereocenters. The predicted molar refractivity (Wildman–Crippen MR) is 88.3 cm³/mol. The summed E-state index contributed by atoms with van der Waals surface area (Å²) in [5, 5.41) is 3.48. The maximum Gasteiger partial charge on any atom is 0.243 e. The van der Waals surface area contributed by atoms with Crippen LogP contribution in [0.1, 0.15) is 37.8 Å². The predicted octanol–water partition coefficient (Wildman–Crippen LogP) is 3.18. The average Bonchev–Trinajstić information content (AvgIpc) is 2.43. The number of hydrogen-bond acceptors (Lipinski definition) is 3. The quantitative estimate of drug-likeness (QED) is 0.834. The third kappa shape index (κ3) is 3.97. The molecule has 0 saturated heterocycles. The van der Waals surface area contributed by atoms with Crippen LogP contribution in [0.25, 0.3) is 0 Å². The Labute approximate surface area is 133 Å². The van der Waals surface area contributed by atoms with E-state index in [0.29, 0.717) is 16.5 Å². The van der Waals surface area contributed by atoms with Crippen LogP contribution in [0.2, 0.25) is 5.02 Å². The summed E-state index contributed by atoms with van der Waals surface area (Å²) in [5.74, 6) is 0. The Kier molecular flexibility index (Phi) is 6.66. The van der Waals surface area contributed by atoms with Gasteiger partial charge < -0.3 is 5.32 Å². The van der Waals surface area contributed by atoms with Gasteiger partial charge in [-0.05, 0) is 50.1 Å². The van der Waals surface area contributed by atoms with Gasteiger partial charge in [-0.25, -0.2) is 8.42 Å². The Balaban J connectivity index is 3.37. The van der Waals surface area contributed by atoms with E-state index in [1.165, 1.54) is 4.31 Å². The first-order valence-electron chi connectivity index (χ1n) is 7.21. The molecule has 1 aromatic carbocycles. The molecule has 6 heteroatoms. The molecule has 0 spiro atoms. The van der Waals surface area contributed by atoms with Gasteiger partial charge in [0.15, 0.2) is 0 Å². The maximum absolute atomic E-state index is 12.9. The van der Waals surface area contributed by atoms with Crippen LogP contribution in [-0.4, -0.2) is 32.9 Å². The van der Waals surface area contributed by atoms with Crippen molar-refractivity contribution in [2.45, 2.75) is 51.1 Å². The Morgan fingerprint density at radius 1 is 1.29 bits per heavy atom. The first kappa shape index (κ1) is 18.4. The van der Waals surface area contributed by atoms with E-state index in [-0.39, 0.29) is 6.04 Å². The lowest BCUT2D eigenvalue weighted by molar-refractivity contribution is 0.349. The second-order valence-electron chi connectivity index (χ2n) is 5.21. The van der Waals surface area contributed by atoms with Crippen LogP contribution >= 0.6 is 11.6 Å². The molecule has 0 amide bonds. The second kappa shape index (κ2) is 7.58. The summed E-state index contributed by atoms with van der Waals surface area (Å²) in [6.07, 6.45) is 1.57. The van der Waals surface area contributed by atoms with Gasteiger partial charge >= 0.3 is 0 Å². The molecule has 21 heavy (non-hydrogen) atoms. The molecule has 120 valence electrons. The maximum atomic E-state index is 12.9. The molecule has 1 rings (SSSR count). The fraction of sp³-hybridized carbons (Fsp3) is 0.600. The van der Waals surface area contributed by atoms with Gasteiger partial charge in [-0.2, -0.15) is 4.31 Å². The number of sulfonamides is 1. The minimum atomic E-state index is -3.54. The highest BCUT2D eigenvalue weighted by Gasteiger charge is 2.28. The van der Waals surface area contributed by atoms with Crippen LogP contribution in [0, 0.1) is 6.92 Å². The largest absolute Gasteiger partial charge is 0.316 e. The van der Waals surface area contributed by atoms with Crippen molar-refractivity contribution in [2.24, 2.45) is 0 Å². The topological polar surface area (TPSA) is 49.4 Å². The molecular weight excluding hydrogens is 308 g/mol. The minimum absolute atomic E-state index is 0.00105. The average molecular weight is 333 g/mol. The van der Waals surface area contributed by atoms with Gasteiger partial charge in [-0.3, -0.25) is 0 Å². The van der Waals surface area contributed by atoms with Crippen molar-refractivity contribution >= 4 is 21.6 Å². The lowest BCUT2D eigenvalue weighted by Gasteiger charge is -2.26. The highest BCUT2D eigenvalue weighted by molar-refractivity contribution is 7.89. The fourth-order valence-electron chi connectivity index (χ4n) is 2.50. The zero-order chi connectivity index (χ0) is 16.2. The summed E-state index contributed by atoms with van der Waals surface area (Å²) >= 11 is 6.11. The SMILES string of the molecule is CCC(CC)N(C)S(=O)(=O)c1cc(Cl)cc(CNC)c1C. The molecule has 0 fully saturated rings. The van der Waals surface area contributed by atoms with E-state index in [1.54, 1.807) is 13.1 Å². The molecule has 0 aliphatic heterocycles. The van der Waals surface area contributed by atoms with Gasteiger partial charge in [-0.1, -0.05) is 25.4 Å². The number of nitrogens with one attached hydrogen (secondary N) is 1. The lowest BCUT2D eigenvalue weighted by atomic mass is 10.1. The molecule has 0 saturated carbocycles. The minimum Gasteiger partial charge on any atom is -0.316 e. The van der Waals surface area contributed by atoms with Crippen LogP contribution in [0.4, 0.5) is 0 Å². The molecular formula is C15H25ClN2O2S. The van der Waals surface area contributed by atoms with Gasteiger partial charge in [-0.15, -0.1) is 0 Å². The van der Waals surface area contributed by atoms with Crippen molar-refractivity contribution in [3.05, 3.63) is 28.3 Å². The molecule has 0 aliphatic rings. The van der Waals surface area contributed by atoms with Crippen LogP contribution in [0.5, 0.6) is 0 Å². The van der Waals surface area contributed by atoms with E-state index >= 15 is 0 Å².